The third-order valence-electron chi connectivity index (χ3n) is 5.81. The molecule has 2 heterocycles. The second-order valence-corrected chi connectivity index (χ2v) is 7.91. The van der Waals surface area contributed by atoms with E-state index in [1.807, 2.05) is 0 Å². The Morgan fingerprint density at radius 1 is 1.32 bits per heavy atom. The fourth-order valence-corrected chi connectivity index (χ4v) is 4.15. The number of aryl methyl sites for hydroxylation is 2. The number of aromatic nitrogens is 4. The maximum atomic E-state index is 14.7. The predicted octanol–water partition coefficient (Wildman–Crippen LogP) is 2.67. The van der Waals surface area contributed by atoms with Gasteiger partial charge < -0.3 is 11.1 Å². The number of amides is 1. The SMILES string of the molecule is Cc1cc(Nc2ncc3c(n2)n([C@H]2CC[C@H](C#N)CC2)c(=O)n3C)c(F)c(C(N)=O)c1. The van der Waals surface area contributed by atoms with Gasteiger partial charge >= 0.3 is 5.69 Å². The van der Waals surface area contributed by atoms with Gasteiger partial charge in [0.2, 0.25) is 5.95 Å². The molecule has 2 aromatic heterocycles. The Hall–Kier alpha value is -3.74. The molecule has 9 nitrogen and oxygen atoms in total. The van der Waals surface area contributed by atoms with Gasteiger partial charge in [0.25, 0.3) is 5.91 Å². The van der Waals surface area contributed by atoms with Crippen LogP contribution in [0.5, 0.6) is 0 Å². The van der Waals surface area contributed by atoms with Crippen LogP contribution in [0.2, 0.25) is 0 Å². The average molecular weight is 423 g/mol. The molecule has 1 aliphatic rings. The van der Waals surface area contributed by atoms with Crippen LogP contribution in [0.3, 0.4) is 0 Å². The van der Waals surface area contributed by atoms with E-state index in [1.165, 1.54) is 22.9 Å². The molecule has 0 bridgehead atoms. The van der Waals surface area contributed by atoms with E-state index in [-0.39, 0.29) is 34.8 Å². The molecule has 0 unspecified atom stereocenters. The van der Waals surface area contributed by atoms with Crippen molar-refractivity contribution in [3.63, 3.8) is 0 Å². The lowest BCUT2D eigenvalue weighted by molar-refractivity contribution is 0.0996. The lowest BCUT2D eigenvalue weighted by atomic mass is 9.87. The highest BCUT2D eigenvalue weighted by Gasteiger charge is 2.27. The Bertz CT molecular complexity index is 1280. The standard InChI is InChI=1S/C21H22FN7O2/c1-11-7-14(18(24)30)17(22)15(8-11)26-20-25-10-16-19(27-20)29(21(31)28(16)2)13-5-3-12(9-23)4-6-13/h7-8,10,12-13H,3-6H2,1-2H3,(H2,24,30)(H,25,26,27)/t12-,13-. The summed E-state index contributed by atoms with van der Waals surface area (Å²) in [4.78, 5) is 33.1. The first-order valence-corrected chi connectivity index (χ1v) is 10.0. The molecule has 10 heteroatoms. The number of benzene rings is 1. The normalized spacial score (nSPS) is 18.6. The summed E-state index contributed by atoms with van der Waals surface area (Å²) >= 11 is 0. The average Bonchev–Trinajstić information content (AvgIpc) is 3.00. The lowest BCUT2D eigenvalue weighted by Gasteiger charge is -2.25. The number of hydrogen-bond donors (Lipinski definition) is 2. The molecule has 0 spiro atoms. The van der Waals surface area contributed by atoms with Crippen LogP contribution in [0.4, 0.5) is 16.0 Å². The highest BCUT2D eigenvalue weighted by molar-refractivity contribution is 5.94. The fourth-order valence-electron chi connectivity index (χ4n) is 4.15. The number of carbonyl (C=O) groups excluding carboxylic acids is 1. The number of halogens is 1. The van der Waals surface area contributed by atoms with Gasteiger partial charge in [0.05, 0.1) is 23.5 Å². The number of nitrogens with one attached hydrogen (secondary N) is 1. The van der Waals surface area contributed by atoms with Crippen LogP contribution in [0.15, 0.2) is 23.1 Å². The van der Waals surface area contributed by atoms with Gasteiger partial charge in [-0.15, -0.1) is 0 Å². The summed E-state index contributed by atoms with van der Waals surface area (Å²) < 4.78 is 17.8. The van der Waals surface area contributed by atoms with E-state index in [0.29, 0.717) is 29.6 Å². The van der Waals surface area contributed by atoms with E-state index in [2.05, 4.69) is 21.4 Å². The first-order chi connectivity index (χ1) is 14.8. The fraction of sp³-hybridized carbons (Fsp3) is 0.381. The Kier molecular flexibility index (Phi) is 5.19. The number of hydrogen-bond acceptors (Lipinski definition) is 6. The van der Waals surface area contributed by atoms with Gasteiger partial charge in [0, 0.05) is 19.0 Å². The maximum absolute atomic E-state index is 14.7. The number of imidazole rings is 1. The van der Waals surface area contributed by atoms with Crippen molar-refractivity contribution in [2.45, 2.75) is 38.6 Å². The largest absolute Gasteiger partial charge is 0.366 e. The number of nitriles is 1. The molecule has 4 rings (SSSR count). The molecule has 3 N–H and O–H groups in total. The number of nitrogens with two attached hydrogens (primary N) is 1. The zero-order valence-corrected chi connectivity index (χ0v) is 17.2. The summed E-state index contributed by atoms with van der Waals surface area (Å²) in [6.45, 7) is 1.72. The van der Waals surface area contributed by atoms with Crippen LogP contribution in [-0.4, -0.2) is 25.0 Å². The molecule has 1 fully saturated rings. The van der Waals surface area contributed by atoms with Crippen molar-refractivity contribution in [3.05, 3.63) is 45.8 Å². The van der Waals surface area contributed by atoms with Crippen LogP contribution >= 0.6 is 0 Å². The van der Waals surface area contributed by atoms with E-state index in [9.17, 15) is 14.0 Å². The number of primary amides is 1. The first-order valence-electron chi connectivity index (χ1n) is 10.0. The number of nitrogens with zero attached hydrogens (tertiary/aromatic N) is 5. The summed E-state index contributed by atoms with van der Waals surface area (Å²) in [5.41, 5.74) is 6.49. The molecule has 0 radical (unpaired) electrons. The zero-order chi connectivity index (χ0) is 22.3. The van der Waals surface area contributed by atoms with Gasteiger partial charge in [0.15, 0.2) is 11.5 Å². The molecule has 3 aromatic rings. The Labute approximate surface area is 177 Å². The molecule has 0 aliphatic heterocycles. The van der Waals surface area contributed by atoms with Crippen LogP contribution in [-0.2, 0) is 7.05 Å². The van der Waals surface area contributed by atoms with Gasteiger partial charge in [-0.2, -0.15) is 10.2 Å². The highest BCUT2D eigenvalue weighted by Crippen LogP contribution is 2.33. The van der Waals surface area contributed by atoms with Crippen molar-refractivity contribution in [2.24, 2.45) is 18.7 Å². The van der Waals surface area contributed by atoms with Crippen LogP contribution in [0, 0.1) is 30.0 Å². The topological polar surface area (TPSA) is 132 Å². The summed E-state index contributed by atoms with van der Waals surface area (Å²) in [7, 11) is 1.65. The zero-order valence-electron chi connectivity index (χ0n) is 17.2. The molecule has 160 valence electrons. The number of rotatable bonds is 4. The lowest BCUT2D eigenvalue weighted by Crippen LogP contribution is -2.28. The highest BCUT2D eigenvalue weighted by atomic mass is 19.1. The van der Waals surface area contributed by atoms with Crippen molar-refractivity contribution in [2.75, 3.05) is 5.32 Å². The van der Waals surface area contributed by atoms with Gasteiger partial charge in [-0.05, 0) is 50.3 Å². The monoisotopic (exact) mass is 423 g/mol. The third kappa shape index (κ3) is 3.63. The van der Waals surface area contributed by atoms with E-state index < -0.39 is 11.7 Å². The molecule has 1 saturated carbocycles. The molecule has 0 saturated heterocycles. The van der Waals surface area contributed by atoms with Gasteiger partial charge in [0.1, 0.15) is 5.52 Å². The summed E-state index contributed by atoms with van der Waals surface area (Å²) in [5, 5.41) is 11.9. The van der Waals surface area contributed by atoms with Crippen LogP contribution in [0.1, 0.15) is 47.6 Å². The Morgan fingerprint density at radius 3 is 2.68 bits per heavy atom. The minimum Gasteiger partial charge on any atom is -0.366 e. The van der Waals surface area contributed by atoms with E-state index in [1.54, 1.807) is 18.5 Å². The van der Waals surface area contributed by atoms with E-state index >= 15 is 0 Å². The second kappa shape index (κ2) is 7.83. The third-order valence-corrected chi connectivity index (χ3v) is 5.81. The first kappa shape index (κ1) is 20.5. The molecule has 1 aromatic carbocycles. The second-order valence-electron chi connectivity index (χ2n) is 7.91. The predicted molar refractivity (Wildman–Crippen MR) is 112 cm³/mol. The summed E-state index contributed by atoms with van der Waals surface area (Å²) in [5.74, 6) is -1.55. The smallest absolute Gasteiger partial charge is 0.330 e. The molecule has 31 heavy (non-hydrogen) atoms. The van der Waals surface area contributed by atoms with Crippen molar-refractivity contribution in [3.8, 4) is 6.07 Å². The Balaban J connectivity index is 1.75. The van der Waals surface area contributed by atoms with E-state index in [4.69, 9.17) is 11.0 Å². The molecule has 1 aliphatic carbocycles. The van der Waals surface area contributed by atoms with Crippen molar-refractivity contribution in [1.82, 2.24) is 19.1 Å². The summed E-state index contributed by atoms with van der Waals surface area (Å²) in [6, 6.07) is 5.12. The van der Waals surface area contributed by atoms with Crippen molar-refractivity contribution < 1.29 is 9.18 Å². The van der Waals surface area contributed by atoms with E-state index in [0.717, 1.165) is 12.8 Å². The minimum absolute atomic E-state index is 0.0116. The number of anilines is 2. The quantitative estimate of drug-likeness (QED) is 0.663. The number of carbonyl (C=O) groups is 1. The molecule has 1 amide bonds. The number of fused-ring (bicyclic) bond motifs is 1. The van der Waals surface area contributed by atoms with Gasteiger partial charge in [-0.25, -0.2) is 14.2 Å². The maximum Gasteiger partial charge on any atom is 0.330 e. The van der Waals surface area contributed by atoms with Crippen LogP contribution < -0.4 is 16.7 Å². The minimum atomic E-state index is -0.870. The molecule has 0 atom stereocenters. The van der Waals surface area contributed by atoms with Crippen molar-refractivity contribution >= 4 is 28.7 Å². The van der Waals surface area contributed by atoms with Gasteiger partial charge in [-0.3, -0.25) is 13.9 Å². The van der Waals surface area contributed by atoms with Gasteiger partial charge in [-0.1, -0.05) is 0 Å². The molecular formula is C21H22FN7O2. The van der Waals surface area contributed by atoms with Crippen LogP contribution in [0.25, 0.3) is 11.2 Å². The van der Waals surface area contributed by atoms with Crippen molar-refractivity contribution in [1.29, 1.82) is 5.26 Å². The Morgan fingerprint density at radius 2 is 2.03 bits per heavy atom. The molecular weight excluding hydrogens is 401 g/mol. The summed E-state index contributed by atoms with van der Waals surface area (Å²) in [6.07, 6.45) is 4.37.